The number of benzene rings is 2. The first-order chi connectivity index (χ1) is 11.6. The minimum Gasteiger partial charge on any atom is -0.283 e. The van der Waals surface area contributed by atoms with Gasteiger partial charge in [0, 0.05) is 17.3 Å². The van der Waals surface area contributed by atoms with E-state index < -0.39 is 0 Å². The lowest BCUT2D eigenvalue weighted by Crippen LogP contribution is -2.22. The number of nitrogens with zero attached hydrogens (tertiary/aromatic N) is 2. The lowest BCUT2D eigenvalue weighted by Gasteiger charge is -2.12. The molecule has 0 aliphatic carbocycles. The minimum absolute atomic E-state index is 0.104. The molecule has 0 amide bonds. The summed E-state index contributed by atoms with van der Waals surface area (Å²) in [6.07, 6.45) is 1.66. The van der Waals surface area contributed by atoms with Crippen molar-refractivity contribution in [3.63, 3.8) is 0 Å². The van der Waals surface area contributed by atoms with Crippen LogP contribution in [0.15, 0.2) is 65.1 Å². The minimum atomic E-state index is -0.374. The fourth-order valence-electron chi connectivity index (χ4n) is 2.33. The monoisotopic (exact) mass is 360 g/mol. The van der Waals surface area contributed by atoms with Gasteiger partial charge in [0.1, 0.15) is 5.82 Å². The van der Waals surface area contributed by atoms with Gasteiger partial charge in [-0.05, 0) is 29.8 Å². The highest BCUT2D eigenvalue weighted by Gasteiger charge is 2.11. The summed E-state index contributed by atoms with van der Waals surface area (Å²) in [5, 5.41) is 1.52. The molecule has 0 aliphatic rings. The van der Waals surface area contributed by atoms with E-state index >= 15 is 0 Å². The number of thioether (sulfide) groups is 1. The molecule has 0 radical (unpaired) electrons. The third-order valence-corrected chi connectivity index (χ3v) is 4.89. The van der Waals surface area contributed by atoms with Gasteiger partial charge in [0.2, 0.25) is 0 Å². The third kappa shape index (κ3) is 3.37. The maximum absolute atomic E-state index is 13.1. The molecule has 0 N–H and O–H groups in total. The van der Waals surface area contributed by atoms with Gasteiger partial charge in [0.25, 0.3) is 5.56 Å². The van der Waals surface area contributed by atoms with Crippen molar-refractivity contribution >= 4 is 34.3 Å². The number of allylic oxidation sites excluding steroid dienone is 1. The average molecular weight is 361 g/mol. The van der Waals surface area contributed by atoms with Gasteiger partial charge >= 0.3 is 0 Å². The fraction of sp³-hybridized carbons (Fsp3) is 0.111. The van der Waals surface area contributed by atoms with Crippen molar-refractivity contribution in [2.75, 3.05) is 0 Å². The van der Waals surface area contributed by atoms with Crippen molar-refractivity contribution in [3.8, 4) is 0 Å². The molecule has 0 saturated heterocycles. The van der Waals surface area contributed by atoms with Gasteiger partial charge in [-0.3, -0.25) is 9.36 Å². The van der Waals surface area contributed by atoms with Crippen molar-refractivity contribution in [2.45, 2.75) is 17.5 Å². The van der Waals surface area contributed by atoms with Gasteiger partial charge < -0.3 is 0 Å². The molecule has 0 atom stereocenters. The normalized spacial score (nSPS) is 10.9. The Labute approximate surface area is 147 Å². The van der Waals surface area contributed by atoms with Crippen molar-refractivity contribution in [2.24, 2.45) is 0 Å². The molecule has 3 aromatic rings. The highest BCUT2D eigenvalue weighted by molar-refractivity contribution is 7.98. The lowest BCUT2D eigenvalue weighted by atomic mass is 10.2. The molecule has 1 heterocycles. The maximum Gasteiger partial charge on any atom is 0.262 e. The number of aromatic nitrogens is 2. The standard InChI is InChI=1S/C18H14ClFN2OS/c1-2-9-22-17(23)14-5-3-4-6-16(14)21-18(22)24-11-12-7-8-13(20)10-15(12)19/h2-8,10H,1,9,11H2. The SMILES string of the molecule is C=CCn1c(SCc2ccc(F)cc2Cl)nc2ccccc2c1=O. The number of hydrogen-bond donors (Lipinski definition) is 0. The second-order valence-corrected chi connectivity index (χ2v) is 6.49. The van der Waals surface area contributed by atoms with Crippen molar-refractivity contribution < 1.29 is 4.39 Å². The van der Waals surface area contributed by atoms with E-state index in [-0.39, 0.29) is 11.4 Å². The van der Waals surface area contributed by atoms with E-state index in [1.165, 1.54) is 23.9 Å². The molecule has 0 saturated carbocycles. The van der Waals surface area contributed by atoms with Crippen LogP contribution in [-0.2, 0) is 12.3 Å². The Morgan fingerprint density at radius 2 is 2.08 bits per heavy atom. The lowest BCUT2D eigenvalue weighted by molar-refractivity contribution is 0.627. The second kappa shape index (κ2) is 7.20. The molecule has 0 unspecified atom stereocenters. The Morgan fingerprint density at radius 3 is 2.83 bits per heavy atom. The quantitative estimate of drug-likeness (QED) is 0.377. The summed E-state index contributed by atoms with van der Waals surface area (Å²) in [5.41, 5.74) is 1.33. The molecule has 2 aromatic carbocycles. The molecule has 0 fully saturated rings. The van der Waals surface area contributed by atoms with Crippen molar-refractivity contribution in [1.29, 1.82) is 0 Å². The van der Waals surface area contributed by atoms with E-state index in [1.54, 1.807) is 22.8 Å². The molecule has 0 spiro atoms. The van der Waals surface area contributed by atoms with Crippen LogP contribution in [0.2, 0.25) is 5.02 Å². The zero-order chi connectivity index (χ0) is 17.1. The summed E-state index contributed by atoms with van der Waals surface area (Å²) in [6, 6.07) is 11.5. The molecule has 3 nitrogen and oxygen atoms in total. The third-order valence-electron chi connectivity index (χ3n) is 3.51. The number of hydrogen-bond acceptors (Lipinski definition) is 3. The van der Waals surface area contributed by atoms with Gasteiger partial charge in [-0.1, -0.05) is 47.6 Å². The highest BCUT2D eigenvalue weighted by Crippen LogP contribution is 2.26. The molecule has 1 aromatic heterocycles. The van der Waals surface area contributed by atoms with Crippen LogP contribution >= 0.6 is 23.4 Å². The first-order valence-corrected chi connectivity index (χ1v) is 8.63. The maximum atomic E-state index is 13.1. The topological polar surface area (TPSA) is 34.9 Å². The van der Waals surface area contributed by atoms with Gasteiger partial charge in [0.15, 0.2) is 5.16 Å². The van der Waals surface area contributed by atoms with Gasteiger partial charge in [0.05, 0.1) is 10.9 Å². The number of para-hydroxylation sites is 1. The van der Waals surface area contributed by atoms with E-state index in [0.717, 1.165) is 5.56 Å². The molecular weight excluding hydrogens is 347 g/mol. The molecule has 6 heteroatoms. The molecule has 0 bridgehead atoms. The Morgan fingerprint density at radius 1 is 1.29 bits per heavy atom. The number of fused-ring (bicyclic) bond motifs is 1. The highest BCUT2D eigenvalue weighted by atomic mass is 35.5. The number of rotatable bonds is 5. The van der Waals surface area contributed by atoms with E-state index in [0.29, 0.717) is 33.4 Å². The van der Waals surface area contributed by atoms with Gasteiger partial charge in [-0.2, -0.15) is 0 Å². The Balaban J connectivity index is 2.00. The van der Waals surface area contributed by atoms with Crippen LogP contribution in [0.3, 0.4) is 0 Å². The summed E-state index contributed by atoms with van der Waals surface area (Å²) in [5.74, 6) is 0.113. The van der Waals surface area contributed by atoms with Gasteiger partial charge in [-0.15, -0.1) is 6.58 Å². The van der Waals surface area contributed by atoms with Crippen molar-refractivity contribution in [1.82, 2.24) is 9.55 Å². The molecule has 3 rings (SSSR count). The second-order valence-electron chi connectivity index (χ2n) is 5.14. The molecule has 122 valence electrons. The fourth-order valence-corrected chi connectivity index (χ4v) is 3.65. The average Bonchev–Trinajstić information content (AvgIpc) is 2.57. The van der Waals surface area contributed by atoms with E-state index in [1.807, 2.05) is 18.2 Å². The van der Waals surface area contributed by atoms with E-state index in [4.69, 9.17) is 11.6 Å². The van der Waals surface area contributed by atoms with Crippen molar-refractivity contribution in [3.05, 3.63) is 81.9 Å². The Bertz CT molecular complexity index is 971. The van der Waals surface area contributed by atoms with Crippen LogP contribution in [0.4, 0.5) is 4.39 Å². The number of halogens is 2. The predicted molar refractivity (Wildman–Crippen MR) is 97.2 cm³/mol. The predicted octanol–water partition coefficient (Wildman–Crippen LogP) is 4.67. The first-order valence-electron chi connectivity index (χ1n) is 7.27. The van der Waals surface area contributed by atoms with Crippen LogP contribution in [-0.4, -0.2) is 9.55 Å². The largest absolute Gasteiger partial charge is 0.283 e. The zero-order valence-electron chi connectivity index (χ0n) is 12.7. The van der Waals surface area contributed by atoms with E-state index in [9.17, 15) is 9.18 Å². The first kappa shape index (κ1) is 16.7. The summed E-state index contributed by atoms with van der Waals surface area (Å²) in [6.45, 7) is 4.07. The molecule has 24 heavy (non-hydrogen) atoms. The summed E-state index contributed by atoms with van der Waals surface area (Å²) in [4.78, 5) is 17.2. The smallest absolute Gasteiger partial charge is 0.262 e. The summed E-state index contributed by atoms with van der Waals surface area (Å²) >= 11 is 7.45. The van der Waals surface area contributed by atoms with Gasteiger partial charge in [-0.25, -0.2) is 9.37 Å². The van der Waals surface area contributed by atoms with E-state index in [2.05, 4.69) is 11.6 Å². The van der Waals surface area contributed by atoms with Crippen LogP contribution in [0, 0.1) is 5.82 Å². The Kier molecular flexibility index (Phi) is 5.02. The molecule has 0 aliphatic heterocycles. The molecular formula is C18H14ClFN2OS. The van der Waals surface area contributed by atoms with Crippen LogP contribution in [0.25, 0.3) is 10.9 Å². The van der Waals surface area contributed by atoms with Crippen LogP contribution < -0.4 is 5.56 Å². The van der Waals surface area contributed by atoms with Crippen LogP contribution in [0.1, 0.15) is 5.56 Å². The summed E-state index contributed by atoms with van der Waals surface area (Å²) < 4.78 is 14.7. The van der Waals surface area contributed by atoms with Crippen LogP contribution in [0.5, 0.6) is 0 Å². The zero-order valence-corrected chi connectivity index (χ0v) is 14.3. The Hall–Kier alpha value is -2.11. The summed E-state index contributed by atoms with van der Waals surface area (Å²) in [7, 11) is 0.